The third kappa shape index (κ3) is 3.47. The second kappa shape index (κ2) is 7.33. The predicted octanol–water partition coefficient (Wildman–Crippen LogP) is 1.67. The Labute approximate surface area is 145 Å². The highest BCUT2D eigenvalue weighted by Gasteiger charge is 2.31. The van der Waals surface area contributed by atoms with Crippen LogP contribution >= 0.6 is 0 Å². The largest absolute Gasteiger partial charge is 0.477 e. The molecular formula is C17H21N5O3. The van der Waals surface area contributed by atoms with E-state index in [1.54, 1.807) is 29.3 Å². The first-order valence-corrected chi connectivity index (χ1v) is 8.35. The summed E-state index contributed by atoms with van der Waals surface area (Å²) in [5.74, 6) is -0.402. The lowest BCUT2D eigenvalue weighted by atomic mass is 9.98. The van der Waals surface area contributed by atoms with Crippen molar-refractivity contribution >= 4 is 11.8 Å². The second-order valence-electron chi connectivity index (χ2n) is 5.87. The maximum Gasteiger partial charge on any atom is 0.269 e. The van der Waals surface area contributed by atoms with E-state index >= 15 is 0 Å². The standard InChI is InChI=1S/C17H21N5O3/c1-2-25-16-11(6-5-8-19-16)17(24)22-9-4-3-7-14(22)12-10-13(15(18)23)21-20-12/h5-6,8,10,14H,2-4,7,9H2,1H3,(H2,18,23)(H,20,21). The van der Waals surface area contributed by atoms with Gasteiger partial charge in [-0.1, -0.05) is 0 Å². The molecule has 1 atom stereocenters. The summed E-state index contributed by atoms with van der Waals surface area (Å²) in [6.07, 6.45) is 4.30. The molecule has 1 aliphatic rings. The molecule has 0 saturated carbocycles. The van der Waals surface area contributed by atoms with Crippen LogP contribution in [0, 0.1) is 0 Å². The number of amides is 2. The molecule has 8 heteroatoms. The second-order valence-corrected chi connectivity index (χ2v) is 5.87. The summed E-state index contributed by atoms with van der Waals surface area (Å²) in [6, 6.07) is 4.87. The van der Waals surface area contributed by atoms with Gasteiger partial charge in [-0.05, 0) is 44.4 Å². The highest BCUT2D eigenvalue weighted by molar-refractivity contribution is 5.96. The van der Waals surface area contributed by atoms with E-state index < -0.39 is 5.91 Å². The van der Waals surface area contributed by atoms with Crippen molar-refractivity contribution in [3.63, 3.8) is 0 Å². The van der Waals surface area contributed by atoms with Crippen molar-refractivity contribution in [1.29, 1.82) is 0 Å². The van der Waals surface area contributed by atoms with Gasteiger partial charge in [0.25, 0.3) is 11.8 Å². The number of aromatic amines is 1. The maximum atomic E-state index is 13.1. The van der Waals surface area contributed by atoms with E-state index in [2.05, 4.69) is 15.2 Å². The van der Waals surface area contributed by atoms with Crippen LogP contribution in [0.4, 0.5) is 0 Å². The molecule has 0 aromatic carbocycles. The number of carbonyl (C=O) groups excluding carboxylic acids is 2. The van der Waals surface area contributed by atoms with Gasteiger partial charge in [0, 0.05) is 12.7 Å². The number of nitrogens with one attached hydrogen (secondary N) is 1. The van der Waals surface area contributed by atoms with Gasteiger partial charge in [-0.2, -0.15) is 5.10 Å². The predicted molar refractivity (Wildman–Crippen MR) is 90.1 cm³/mol. The van der Waals surface area contributed by atoms with Crippen LogP contribution in [0.3, 0.4) is 0 Å². The average Bonchev–Trinajstić information content (AvgIpc) is 3.12. The third-order valence-electron chi connectivity index (χ3n) is 4.26. The summed E-state index contributed by atoms with van der Waals surface area (Å²) in [6.45, 7) is 2.90. The van der Waals surface area contributed by atoms with E-state index in [0.717, 1.165) is 19.3 Å². The number of ether oxygens (including phenoxy) is 1. The molecule has 1 saturated heterocycles. The van der Waals surface area contributed by atoms with Crippen LogP contribution in [0.1, 0.15) is 58.8 Å². The molecule has 2 aromatic rings. The molecule has 0 bridgehead atoms. The lowest BCUT2D eigenvalue weighted by Crippen LogP contribution is -2.39. The van der Waals surface area contributed by atoms with E-state index in [1.165, 1.54) is 0 Å². The van der Waals surface area contributed by atoms with E-state index in [4.69, 9.17) is 10.5 Å². The summed E-state index contributed by atoms with van der Waals surface area (Å²) in [5, 5.41) is 6.77. The molecule has 3 rings (SSSR count). The molecule has 0 spiro atoms. The van der Waals surface area contributed by atoms with E-state index in [1.807, 2.05) is 6.92 Å². The number of pyridine rings is 1. The first kappa shape index (κ1) is 16.9. The van der Waals surface area contributed by atoms with Gasteiger partial charge < -0.3 is 15.4 Å². The number of carbonyl (C=O) groups is 2. The van der Waals surface area contributed by atoms with Crippen molar-refractivity contribution in [3.05, 3.63) is 41.3 Å². The fourth-order valence-electron chi connectivity index (χ4n) is 3.09. The van der Waals surface area contributed by atoms with Crippen LogP contribution in [0.5, 0.6) is 5.88 Å². The molecule has 2 amide bonds. The number of hydrogen-bond donors (Lipinski definition) is 2. The van der Waals surface area contributed by atoms with Crippen molar-refractivity contribution in [3.8, 4) is 5.88 Å². The van der Waals surface area contributed by atoms with Crippen LogP contribution in [-0.4, -0.2) is 45.0 Å². The van der Waals surface area contributed by atoms with Crippen LogP contribution in [-0.2, 0) is 0 Å². The van der Waals surface area contributed by atoms with Crippen LogP contribution in [0.2, 0.25) is 0 Å². The van der Waals surface area contributed by atoms with Gasteiger partial charge in [0.2, 0.25) is 5.88 Å². The smallest absolute Gasteiger partial charge is 0.269 e. The fourth-order valence-corrected chi connectivity index (χ4v) is 3.09. The Morgan fingerprint density at radius 2 is 2.28 bits per heavy atom. The number of nitrogens with zero attached hydrogens (tertiary/aromatic N) is 3. The summed E-state index contributed by atoms with van der Waals surface area (Å²) in [5.41, 5.74) is 6.59. The Bertz CT molecular complexity index is 773. The Balaban J connectivity index is 1.90. The number of nitrogens with two attached hydrogens (primary N) is 1. The molecule has 2 aromatic heterocycles. The van der Waals surface area contributed by atoms with Crippen molar-refractivity contribution in [2.45, 2.75) is 32.2 Å². The molecule has 3 N–H and O–H groups in total. The number of aromatic nitrogens is 3. The molecule has 132 valence electrons. The minimum Gasteiger partial charge on any atom is -0.477 e. The molecule has 8 nitrogen and oxygen atoms in total. The number of hydrogen-bond acceptors (Lipinski definition) is 5. The minimum absolute atomic E-state index is 0.142. The lowest BCUT2D eigenvalue weighted by molar-refractivity contribution is 0.0601. The molecule has 25 heavy (non-hydrogen) atoms. The quantitative estimate of drug-likeness (QED) is 0.857. The number of likely N-dealkylation sites (tertiary alicyclic amines) is 1. The van der Waals surface area contributed by atoms with Crippen LogP contribution in [0.15, 0.2) is 24.4 Å². The number of H-pyrrole nitrogens is 1. The van der Waals surface area contributed by atoms with Gasteiger partial charge in [-0.15, -0.1) is 0 Å². The highest BCUT2D eigenvalue weighted by Crippen LogP contribution is 2.32. The van der Waals surface area contributed by atoms with Gasteiger partial charge in [-0.25, -0.2) is 4.98 Å². The monoisotopic (exact) mass is 343 g/mol. The highest BCUT2D eigenvalue weighted by atomic mass is 16.5. The zero-order valence-corrected chi connectivity index (χ0v) is 14.1. The minimum atomic E-state index is -0.595. The van der Waals surface area contributed by atoms with E-state index in [9.17, 15) is 9.59 Å². The zero-order chi connectivity index (χ0) is 17.8. The third-order valence-corrected chi connectivity index (χ3v) is 4.26. The molecule has 3 heterocycles. The normalized spacial score (nSPS) is 17.3. The topological polar surface area (TPSA) is 114 Å². The van der Waals surface area contributed by atoms with Gasteiger partial charge in [0.1, 0.15) is 11.3 Å². The van der Waals surface area contributed by atoms with E-state index in [0.29, 0.717) is 30.3 Å². The van der Waals surface area contributed by atoms with Gasteiger partial charge >= 0.3 is 0 Å². The molecule has 1 aliphatic heterocycles. The first-order chi connectivity index (χ1) is 12.1. The molecule has 1 fully saturated rings. The SMILES string of the molecule is CCOc1ncccc1C(=O)N1CCCCC1c1cc(C(N)=O)n[nH]1. The van der Waals surface area contributed by atoms with Crippen molar-refractivity contribution in [2.24, 2.45) is 5.73 Å². The van der Waals surface area contributed by atoms with Crippen LogP contribution < -0.4 is 10.5 Å². The van der Waals surface area contributed by atoms with E-state index in [-0.39, 0.29) is 17.6 Å². The number of rotatable bonds is 5. The summed E-state index contributed by atoms with van der Waals surface area (Å²) in [4.78, 5) is 30.3. The van der Waals surface area contributed by atoms with Crippen molar-refractivity contribution < 1.29 is 14.3 Å². The Morgan fingerprint density at radius 1 is 1.44 bits per heavy atom. The zero-order valence-electron chi connectivity index (χ0n) is 14.1. The molecular weight excluding hydrogens is 322 g/mol. The van der Waals surface area contributed by atoms with Gasteiger partial charge in [-0.3, -0.25) is 14.7 Å². The molecule has 1 unspecified atom stereocenters. The average molecular weight is 343 g/mol. The molecule has 0 aliphatic carbocycles. The van der Waals surface area contributed by atoms with Crippen LogP contribution in [0.25, 0.3) is 0 Å². The summed E-state index contributed by atoms with van der Waals surface area (Å²) < 4.78 is 5.49. The fraction of sp³-hybridized carbons (Fsp3) is 0.412. The molecule has 0 radical (unpaired) electrons. The summed E-state index contributed by atoms with van der Waals surface area (Å²) >= 11 is 0. The van der Waals surface area contributed by atoms with Crippen molar-refractivity contribution in [2.75, 3.05) is 13.2 Å². The Hall–Kier alpha value is -2.90. The number of primary amides is 1. The van der Waals surface area contributed by atoms with Crippen molar-refractivity contribution in [1.82, 2.24) is 20.1 Å². The first-order valence-electron chi connectivity index (χ1n) is 8.35. The Kier molecular flexibility index (Phi) is 4.97. The number of piperidine rings is 1. The Morgan fingerprint density at radius 3 is 3.00 bits per heavy atom. The summed E-state index contributed by atoms with van der Waals surface area (Å²) in [7, 11) is 0. The van der Waals surface area contributed by atoms with Gasteiger partial charge in [0.05, 0.1) is 18.3 Å². The van der Waals surface area contributed by atoms with Gasteiger partial charge in [0.15, 0.2) is 0 Å². The maximum absolute atomic E-state index is 13.1. The lowest BCUT2D eigenvalue weighted by Gasteiger charge is -2.35.